The molecule has 3 rings (SSSR count). The molecule has 1 saturated heterocycles. The molecule has 30 heavy (non-hydrogen) atoms. The Morgan fingerprint density at radius 3 is 2.23 bits per heavy atom. The summed E-state index contributed by atoms with van der Waals surface area (Å²) in [5.74, 6) is 0.419. The van der Waals surface area contributed by atoms with Gasteiger partial charge in [-0.3, -0.25) is 9.59 Å². The van der Waals surface area contributed by atoms with Gasteiger partial charge in [0.25, 0.3) is 5.91 Å². The lowest BCUT2D eigenvalue weighted by atomic mass is 10.0. The number of nitrogens with one attached hydrogen (secondary N) is 1. The van der Waals surface area contributed by atoms with Crippen molar-refractivity contribution in [1.29, 1.82) is 0 Å². The maximum Gasteiger partial charge on any atom is 0.251 e. The molecule has 2 amide bonds. The molecule has 2 aromatic rings. The molecule has 160 valence electrons. The monoisotopic (exact) mass is 409 g/mol. The molecule has 0 aromatic heterocycles. The summed E-state index contributed by atoms with van der Waals surface area (Å²) in [6, 6.07) is 14.8. The van der Waals surface area contributed by atoms with Gasteiger partial charge in [-0.15, -0.1) is 0 Å². The summed E-state index contributed by atoms with van der Waals surface area (Å²) in [5.41, 5.74) is 2.93. The average molecular weight is 410 g/mol. The maximum absolute atomic E-state index is 13.2. The number of benzene rings is 2. The van der Waals surface area contributed by atoms with E-state index in [2.05, 4.69) is 41.4 Å². The van der Waals surface area contributed by atoms with Crippen molar-refractivity contribution in [3.8, 4) is 5.75 Å². The summed E-state index contributed by atoms with van der Waals surface area (Å²) >= 11 is 0. The Bertz CT molecular complexity index is 872. The molecule has 1 fully saturated rings. The van der Waals surface area contributed by atoms with E-state index in [4.69, 9.17) is 4.74 Å². The number of carbonyl (C=O) groups excluding carboxylic acids is 2. The van der Waals surface area contributed by atoms with Crippen LogP contribution >= 0.6 is 0 Å². The van der Waals surface area contributed by atoms with Crippen LogP contribution in [0.3, 0.4) is 0 Å². The van der Waals surface area contributed by atoms with Gasteiger partial charge in [0.15, 0.2) is 0 Å². The molecular weight excluding hydrogens is 378 g/mol. The Kier molecular flexibility index (Phi) is 6.98. The van der Waals surface area contributed by atoms with Crippen molar-refractivity contribution in [2.75, 3.05) is 38.2 Å². The van der Waals surface area contributed by atoms with Gasteiger partial charge in [-0.1, -0.05) is 26.0 Å². The van der Waals surface area contributed by atoms with Gasteiger partial charge in [-0.05, 0) is 54.8 Å². The molecule has 6 heteroatoms. The highest BCUT2D eigenvalue weighted by Crippen LogP contribution is 2.19. The number of aryl methyl sites for hydroxylation is 1. The van der Waals surface area contributed by atoms with Crippen LogP contribution in [0.25, 0.3) is 0 Å². The van der Waals surface area contributed by atoms with Gasteiger partial charge >= 0.3 is 0 Å². The van der Waals surface area contributed by atoms with Gasteiger partial charge in [0.2, 0.25) is 5.91 Å². The molecule has 1 aliphatic rings. The van der Waals surface area contributed by atoms with Crippen LogP contribution in [0.5, 0.6) is 5.75 Å². The van der Waals surface area contributed by atoms with Crippen LogP contribution in [0.4, 0.5) is 5.69 Å². The summed E-state index contributed by atoms with van der Waals surface area (Å²) in [6.45, 7) is 8.86. The van der Waals surface area contributed by atoms with E-state index in [1.165, 1.54) is 11.3 Å². The van der Waals surface area contributed by atoms with E-state index in [0.717, 1.165) is 13.1 Å². The number of piperazine rings is 1. The third-order valence-electron chi connectivity index (χ3n) is 5.53. The summed E-state index contributed by atoms with van der Waals surface area (Å²) in [4.78, 5) is 30.0. The fraction of sp³-hybridized carbons (Fsp3) is 0.417. The fourth-order valence-electron chi connectivity index (χ4n) is 3.69. The molecule has 1 aliphatic heterocycles. The van der Waals surface area contributed by atoms with Crippen molar-refractivity contribution < 1.29 is 14.3 Å². The quantitative estimate of drug-likeness (QED) is 0.796. The second-order valence-corrected chi connectivity index (χ2v) is 8.07. The Labute approximate surface area is 178 Å². The van der Waals surface area contributed by atoms with E-state index >= 15 is 0 Å². The summed E-state index contributed by atoms with van der Waals surface area (Å²) in [5, 5.41) is 2.93. The average Bonchev–Trinajstić information content (AvgIpc) is 2.77. The number of nitrogens with zero attached hydrogens (tertiary/aromatic N) is 2. The lowest BCUT2D eigenvalue weighted by Gasteiger charge is -2.38. The minimum atomic E-state index is -0.551. The van der Waals surface area contributed by atoms with Gasteiger partial charge in [0.05, 0.1) is 7.11 Å². The molecule has 1 atom stereocenters. The number of carbonyl (C=O) groups is 2. The first kappa shape index (κ1) is 21.7. The second-order valence-electron chi connectivity index (χ2n) is 8.07. The van der Waals surface area contributed by atoms with E-state index in [1.54, 1.807) is 31.4 Å². The van der Waals surface area contributed by atoms with E-state index in [9.17, 15) is 9.59 Å². The van der Waals surface area contributed by atoms with E-state index < -0.39 is 6.04 Å². The van der Waals surface area contributed by atoms with Crippen LogP contribution < -0.4 is 15.0 Å². The van der Waals surface area contributed by atoms with Crippen LogP contribution in [0.2, 0.25) is 0 Å². The Morgan fingerprint density at radius 1 is 1.00 bits per heavy atom. The molecule has 6 nitrogen and oxygen atoms in total. The van der Waals surface area contributed by atoms with Crippen LogP contribution in [0, 0.1) is 12.8 Å². The number of hydrogen-bond donors (Lipinski definition) is 1. The Hall–Kier alpha value is -3.02. The number of rotatable bonds is 6. The Morgan fingerprint density at radius 2 is 1.67 bits per heavy atom. The minimum absolute atomic E-state index is 0.00509. The van der Waals surface area contributed by atoms with Gasteiger partial charge in [-0.25, -0.2) is 0 Å². The first-order valence-corrected chi connectivity index (χ1v) is 10.4. The van der Waals surface area contributed by atoms with Gasteiger partial charge in [0.1, 0.15) is 11.8 Å². The molecular formula is C24H31N3O3. The molecule has 0 bridgehead atoms. The van der Waals surface area contributed by atoms with E-state index in [-0.39, 0.29) is 17.7 Å². The highest BCUT2D eigenvalue weighted by atomic mass is 16.5. The number of anilines is 1. The molecule has 0 saturated carbocycles. The van der Waals surface area contributed by atoms with Crippen molar-refractivity contribution in [3.05, 3.63) is 59.7 Å². The number of amides is 2. The van der Waals surface area contributed by atoms with Crippen molar-refractivity contribution in [1.82, 2.24) is 10.2 Å². The smallest absolute Gasteiger partial charge is 0.251 e. The zero-order chi connectivity index (χ0) is 21.7. The standard InChI is InChI=1S/C24H31N3O3/c1-17(2)22(25-23(28)19-8-10-21(30-4)11-9-19)24(29)27-14-12-26(13-15-27)20-7-5-6-18(3)16-20/h5-11,16-17,22H,12-15H2,1-4H3,(H,25,28). The lowest BCUT2D eigenvalue weighted by Crippen LogP contribution is -2.56. The largest absolute Gasteiger partial charge is 0.497 e. The zero-order valence-corrected chi connectivity index (χ0v) is 18.2. The van der Waals surface area contributed by atoms with Crippen LogP contribution in [-0.2, 0) is 4.79 Å². The highest BCUT2D eigenvalue weighted by Gasteiger charge is 2.31. The van der Waals surface area contributed by atoms with Crippen LogP contribution in [0.15, 0.2) is 48.5 Å². The molecule has 0 radical (unpaired) electrons. The zero-order valence-electron chi connectivity index (χ0n) is 18.2. The van der Waals surface area contributed by atoms with Crippen molar-refractivity contribution >= 4 is 17.5 Å². The third-order valence-corrected chi connectivity index (χ3v) is 5.53. The van der Waals surface area contributed by atoms with E-state index in [1.807, 2.05) is 18.7 Å². The van der Waals surface area contributed by atoms with Crippen LogP contribution in [-0.4, -0.2) is 56.0 Å². The predicted molar refractivity (Wildman–Crippen MR) is 119 cm³/mol. The summed E-state index contributed by atoms with van der Waals surface area (Å²) < 4.78 is 5.14. The topological polar surface area (TPSA) is 61.9 Å². The predicted octanol–water partition coefficient (Wildman–Crippen LogP) is 3.11. The third kappa shape index (κ3) is 5.12. The molecule has 1 heterocycles. The SMILES string of the molecule is COc1ccc(C(=O)NC(C(=O)N2CCN(c3cccc(C)c3)CC2)C(C)C)cc1. The van der Waals surface area contributed by atoms with Crippen molar-refractivity contribution in [3.63, 3.8) is 0 Å². The molecule has 2 aromatic carbocycles. The van der Waals surface area contributed by atoms with Crippen molar-refractivity contribution in [2.45, 2.75) is 26.8 Å². The van der Waals surface area contributed by atoms with Crippen molar-refractivity contribution in [2.24, 2.45) is 5.92 Å². The molecule has 1 unspecified atom stereocenters. The number of hydrogen-bond acceptors (Lipinski definition) is 4. The normalized spacial score (nSPS) is 15.1. The summed E-state index contributed by atoms with van der Waals surface area (Å²) in [7, 11) is 1.58. The van der Waals surface area contributed by atoms with Gasteiger partial charge < -0.3 is 19.9 Å². The first-order valence-electron chi connectivity index (χ1n) is 10.4. The second kappa shape index (κ2) is 9.65. The van der Waals surface area contributed by atoms with Gasteiger partial charge in [-0.2, -0.15) is 0 Å². The highest BCUT2D eigenvalue weighted by molar-refractivity contribution is 5.97. The lowest BCUT2D eigenvalue weighted by molar-refractivity contribution is -0.134. The molecule has 0 aliphatic carbocycles. The van der Waals surface area contributed by atoms with E-state index in [0.29, 0.717) is 24.4 Å². The van der Waals surface area contributed by atoms with Gasteiger partial charge in [0, 0.05) is 37.4 Å². The molecule has 1 N–H and O–H groups in total. The number of methoxy groups -OCH3 is 1. The van der Waals surface area contributed by atoms with Crippen LogP contribution in [0.1, 0.15) is 29.8 Å². The molecule has 0 spiro atoms. The minimum Gasteiger partial charge on any atom is -0.497 e. The first-order chi connectivity index (χ1) is 14.4. The fourth-order valence-corrected chi connectivity index (χ4v) is 3.69. The Balaban J connectivity index is 1.62. The maximum atomic E-state index is 13.2. The summed E-state index contributed by atoms with van der Waals surface area (Å²) in [6.07, 6.45) is 0. The number of ether oxygens (including phenoxy) is 1.